The molecule has 14 heavy (non-hydrogen) atoms. The summed E-state index contributed by atoms with van der Waals surface area (Å²) >= 11 is 0. The summed E-state index contributed by atoms with van der Waals surface area (Å²) in [6.45, 7) is 6.48. The Morgan fingerprint density at radius 1 is 1.14 bits per heavy atom. The highest BCUT2D eigenvalue weighted by molar-refractivity contribution is 4.90. The highest BCUT2D eigenvalue weighted by Gasteiger charge is 2.40. The van der Waals surface area contributed by atoms with E-state index < -0.39 is 12.2 Å². The molecule has 0 spiro atoms. The van der Waals surface area contributed by atoms with Crippen LogP contribution in [0.3, 0.4) is 0 Å². The Balaban J connectivity index is 2.68. The molecule has 1 aliphatic rings. The van der Waals surface area contributed by atoms with Crippen molar-refractivity contribution in [3.63, 3.8) is 0 Å². The highest BCUT2D eigenvalue weighted by atomic mass is 16.5. The maximum absolute atomic E-state index is 9.68. The maximum atomic E-state index is 9.68. The van der Waals surface area contributed by atoms with Gasteiger partial charge in [-0.15, -0.1) is 0 Å². The quantitative estimate of drug-likeness (QED) is 0.671. The first-order chi connectivity index (χ1) is 6.36. The van der Waals surface area contributed by atoms with E-state index in [2.05, 4.69) is 20.8 Å². The minimum Gasteiger partial charge on any atom is -0.390 e. The van der Waals surface area contributed by atoms with Gasteiger partial charge in [-0.25, -0.2) is 0 Å². The van der Waals surface area contributed by atoms with Crippen molar-refractivity contribution in [1.82, 2.24) is 0 Å². The fourth-order valence-corrected chi connectivity index (χ4v) is 2.14. The Hall–Kier alpha value is -0.120. The summed E-state index contributed by atoms with van der Waals surface area (Å²) in [5.41, 5.74) is 0.165. The number of rotatable bonds is 1. The topological polar surface area (TPSA) is 49.7 Å². The van der Waals surface area contributed by atoms with E-state index in [1.807, 2.05) is 0 Å². The molecule has 0 unspecified atom stereocenters. The first-order valence-corrected chi connectivity index (χ1v) is 5.25. The third kappa shape index (κ3) is 2.47. The summed E-state index contributed by atoms with van der Waals surface area (Å²) in [6, 6.07) is 0. The maximum Gasteiger partial charge on any atom is 0.106 e. The lowest BCUT2D eigenvalue weighted by atomic mass is 9.70. The lowest BCUT2D eigenvalue weighted by Crippen LogP contribution is -2.47. The zero-order valence-corrected chi connectivity index (χ0v) is 9.53. The number of hydrogen-bond acceptors (Lipinski definition) is 3. The number of aliphatic hydroxyl groups is 2. The first-order valence-electron chi connectivity index (χ1n) is 5.25. The molecule has 1 rings (SSSR count). The average Bonchev–Trinajstić information content (AvgIpc) is 2.07. The molecular weight excluding hydrogens is 180 g/mol. The molecule has 84 valence electrons. The van der Waals surface area contributed by atoms with Gasteiger partial charge in [-0.2, -0.15) is 0 Å². The Morgan fingerprint density at radius 2 is 1.71 bits per heavy atom. The van der Waals surface area contributed by atoms with Gasteiger partial charge in [0.25, 0.3) is 0 Å². The molecule has 0 bridgehead atoms. The first kappa shape index (κ1) is 12.0. The molecule has 0 aromatic carbocycles. The Morgan fingerprint density at radius 3 is 2.14 bits per heavy atom. The van der Waals surface area contributed by atoms with E-state index in [-0.39, 0.29) is 11.5 Å². The third-order valence-electron chi connectivity index (χ3n) is 3.35. The molecule has 0 amide bonds. The molecular formula is C11H22O3. The zero-order chi connectivity index (χ0) is 10.9. The van der Waals surface area contributed by atoms with Gasteiger partial charge in [-0.05, 0) is 24.2 Å². The van der Waals surface area contributed by atoms with Crippen molar-refractivity contribution in [1.29, 1.82) is 0 Å². The predicted octanol–water partition coefficient (Wildman–Crippen LogP) is 1.18. The number of ether oxygens (including phenoxy) is 1. The van der Waals surface area contributed by atoms with Gasteiger partial charge in [-0.1, -0.05) is 20.8 Å². The smallest absolute Gasteiger partial charge is 0.106 e. The van der Waals surface area contributed by atoms with Gasteiger partial charge in [0.05, 0.1) is 12.2 Å². The van der Waals surface area contributed by atoms with E-state index in [4.69, 9.17) is 4.74 Å². The molecule has 0 aromatic heterocycles. The summed E-state index contributed by atoms with van der Waals surface area (Å²) in [6.07, 6.45) is -0.0811. The normalized spacial score (nSPS) is 39.9. The Labute approximate surface area is 86.1 Å². The second-order valence-electron chi connectivity index (χ2n) is 5.37. The molecule has 0 aliphatic heterocycles. The summed E-state index contributed by atoms with van der Waals surface area (Å²) in [5, 5.41) is 19.3. The van der Waals surface area contributed by atoms with E-state index in [0.717, 1.165) is 6.42 Å². The van der Waals surface area contributed by atoms with Crippen molar-refractivity contribution in [2.75, 3.05) is 7.11 Å². The minimum atomic E-state index is -0.724. The van der Waals surface area contributed by atoms with Gasteiger partial charge >= 0.3 is 0 Å². The van der Waals surface area contributed by atoms with E-state index in [1.165, 1.54) is 0 Å². The standard InChI is InChI=1S/C11H22O3/c1-11(2,3)7-5-8(12)10(13)9(6-7)14-4/h7-10,12-13H,5-6H2,1-4H3/t7-,8+,9+,10+/m0/s1. The molecule has 1 saturated carbocycles. The molecule has 0 heterocycles. The van der Waals surface area contributed by atoms with Crippen molar-refractivity contribution in [2.45, 2.75) is 51.9 Å². The minimum absolute atomic E-state index is 0.165. The molecule has 0 radical (unpaired) electrons. The van der Waals surface area contributed by atoms with Crippen molar-refractivity contribution >= 4 is 0 Å². The average molecular weight is 202 g/mol. The van der Waals surface area contributed by atoms with E-state index in [9.17, 15) is 10.2 Å². The second kappa shape index (κ2) is 4.17. The molecule has 0 aromatic rings. The molecule has 3 heteroatoms. The van der Waals surface area contributed by atoms with Crippen LogP contribution in [-0.4, -0.2) is 35.6 Å². The third-order valence-corrected chi connectivity index (χ3v) is 3.35. The Kier molecular flexibility index (Phi) is 3.56. The fraction of sp³-hybridized carbons (Fsp3) is 1.00. The number of hydrogen-bond donors (Lipinski definition) is 2. The monoisotopic (exact) mass is 202 g/mol. The van der Waals surface area contributed by atoms with E-state index >= 15 is 0 Å². The van der Waals surface area contributed by atoms with Crippen molar-refractivity contribution in [3.8, 4) is 0 Å². The SMILES string of the molecule is CO[C@@H]1C[C@@H](C(C)(C)C)C[C@@H](O)[C@H]1O. The molecule has 4 atom stereocenters. The summed E-state index contributed by atoms with van der Waals surface area (Å²) in [5.74, 6) is 0.408. The molecule has 3 nitrogen and oxygen atoms in total. The summed E-state index contributed by atoms with van der Waals surface area (Å²) < 4.78 is 5.19. The lowest BCUT2D eigenvalue weighted by Gasteiger charge is -2.41. The van der Waals surface area contributed by atoms with Gasteiger partial charge in [0, 0.05) is 7.11 Å². The van der Waals surface area contributed by atoms with E-state index in [1.54, 1.807) is 7.11 Å². The van der Waals surface area contributed by atoms with Gasteiger partial charge in [0.15, 0.2) is 0 Å². The van der Waals surface area contributed by atoms with Crippen LogP contribution in [0.2, 0.25) is 0 Å². The summed E-state index contributed by atoms with van der Waals surface area (Å²) in [4.78, 5) is 0. The lowest BCUT2D eigenvalue weighted by molar-refractivity contribution is -0.126. The molecule has 1 fully saturated rings. The number of methoxy groups -OCH3 is 1. The Bertz CT molecular complexity index is 185. The largest absolute Gasteiger partial charge is 0.390 e. The van der Waals surface area contributed by atoms with Crippen LogP contribution in [0.15, 0.2) is 0 Å². The van der Waals surface area contributed by atoms with Gasteiger partial charge < -0.3 is 14.9 Å². The predicted molar refractivity (Wildman–Crippen MR) is 55.0 cm³/mol. The molecule has 0 saturated heterocycles. The van der Waals surface area contributed by atoms with Crippen LogP contribution >= 0.6 is 0 Å². The van der Waals surface area contributed by atoms with Crippen LogP contribution in [0, 0.1) is 11.3 Å². The zero-order valence-electron chi connectivity index (χ0n) is 9.53. The van der Waals surface area contributed by atoms with Crippen LogP contribution in [0.5, 0.6) is 0 Å². The molecule has 2 N–H and O–H groups in total. The van der Waals surface area contributed by atoms with Crippen molar-refractivity contribution < 1.29 is 14.9 Å². The summed E-state index contributed by atoms with van der Waals surface area (Å²) in [7, 11) is 1.59. The van der Waals surface area contributed by atoms with Crippen LogP contribution in [0.25, 0.3) is 0 Å². The highest BCUT2D eigenvalue weighted by Crippen LogP contribution is 2.38. The van der Waals surface area contributed by atoms with Gasteiger partial charge in [0.2, 0.25) is 0 Å². The van der Waals surface area contributed by atoms with Crippen molar-refractivity contribution in [3.05, 3.63) is 0 Å². The van der Waals surface area contributed by atoms with Crippen LogP contribution < -0.4 is 0 Å². The fourth-order valence-electron chi connectivity index (χ4n) is 2.14. The van der Waals surface area contributed by atoms with E-state index in [0.29, 0.717) is 12.3 Å². The van der Waals surface area contributed by atoms with Gasteiger partial charge in [0.1, 0.15) is 6.10 Å². The van der Waals surface area contributed by atoms with Crippen LogP contribution in [-0.2, 0) is 4.74 Å². The number of aliphatic hydroxyl groups excluding tert-OH is 2. The van der Waals surface area contributed by atoms with Gasteiger partial charge in [-0.3, -0.25) is 0 Å². The molecule has 1 aliphatic carbocycles. The second-order valence-corrected chi connectivity index (χ2v) is 5.37. The van der Waals surface area contributed by atoms with Crippen LogP contribution in [0.4, 0.5) is 0 Å². The van der Waals surface area contributed by atoms with Crippen LogP contribution in [0.1, 0.15) is 33.6 Å². The van der Waals surface area contributed by atoms with Crippen molar-refractivity contribution in [2.24, 2.45) is 11.3 Å².